The molecule has 0 aliphatic heterocycles. The molecular weight excluding hydrogens is 272 g/mol. The zero-order chi connectivity index (χ0) is 15.8. The highest BCUT2D eigenvalue weighted by Gasteiger charge is 2.23. The summed E-state index contributed by atoms with van der Waals surface area (Å²) in [6.45, 7) is 3.39. The fraction of sp³-hybridized carbons (Fsp3) is 0.400. The number of ether oxygens (including phenoxy) is 1. The van der Waals surface area contributed by atoms with Gasteiger partial charge >= 0.3 is 5.97 Å². The normalized spacial score (nSPS) is 12.8. The number of nitrogens with zero attached hydrogens (tertiary/aromatic N) is 1. The summed E-state index contributed by atoms with van der Waals surface area (Å²) in [5.74, 6) is -1.10. The maximum Gasteiger partial charge on any atom is 0.326 e. The van der Waals surface area contributed by atoms with Crippen LogP contribution in [0.25, 0.3) is 0 Å². The van der Waals surface area contributed by atoms with Crippen LogP contribution < -0.4 is 10.1 Å². The molecule has 1 rings (SSSR count). The lowest BCUT2D eigenvalue weighted by molar-refractivity contribution is -0.143. The number of carboxylic acids is 1. The van der Waals surface area contributed by atoms with E-state index in [0.717, 1.165) is 0 Å². The highest BCUT2D eigenvalue weighted by molar-refractivity contribution is 5.86. The third-order valence-corrected chi connectivity index (χ3v) is 2.86. The summed E-state index contributed by atoms with van der Waals surface area (Å²) in [5.41, 5.74) is 0.494. The van der Waals surface area contributed by atoms with Gasteiger partial charge in [-0.25, -0.2) is 4.79 Å². The predicted octanol–water partition coefficient (Wildman–Crippen LogP) is 1.70. The second-order valence-electron chi connectivity index (χ2n) is 4.58. The van der Waals surface area contributed by atoms with Gasteiger partial charge in [0, 0.05) is 0 Å². The number of hydrogen-bond acceptors (Lipinski definition) is 4. The van der Waals surface area contributed by atoms with E-state index in [0.29, 0.717) is 24.2 Å². The maximum absolute atomic E-state index is 11.9. The van der Waals surface area contributed by atoms with Crippen molar-refractivity contribution in [2.24, 2.45) is 0 Å². The molecule has 0 saturated carbocycles. The number of nitrogens with one attached hydrogen (secondary N) is 1. The van der Waals surface area contributed by atoms with Crippen LogP contribution in [-0.4, -0.2) is 29.1 Å². The van der Waals surface area contributed by atoms with Crippen LogP contribution in [0.4, 0.5) is 0 Å². The lowest BCUT2D eigenvalue weighted by atomic mass is 10.1. The minimum Gasteiger partial charge on any atom is -0.481 e. The van der Waals surface area contributed by atoms with Crippen molar-refractivity contribution in [3.8, 4) is 11.8 Å². The van der Waals surface area contributed by atoms with Crippen LogP contribution in [-0.2, 0) is 9.59 Å². The van der Waals surface area contributed by atoms with Crippen LogP contribution in [0.15, 0.2) is 24.3 Å². The number of nitriles is 1. The molecule has 1 aromatic carbocycles. The predicted molar refractivity (Wildman–Crippen MR) is 75.7 cm³/mol. The Bertz CT molecular complexity index is 534. The van der Waals surface area contributed by atoms with Gasteiger partial charge in [0.2, 0.25) is 0 Å². The largest absolute Gasteiger partial charge is 0.481 e. The fourth-order valence-electron chi connectivity index (χ4n) is 1.70. The lowest BCUT2D eigenvalue weighted by Crippen LogP contribution is -2.46. The molecule has 0 heterocycles. The van der Waals surface area contributed by atoms with Crippen molar-refractivity contribution in [2.45, 2.75) is 38.8 Å². The highest BCUT2D eigenvalue weighted by atomic mass is 16.5. The van der Waals surface area contributed by atoms with E-state index in [1.54, 1.807) is 31.2 Å². The average Bonchev–Trinajstić information content (AvgIpc) is 2.47. The van der Waals surface area contributed by atoms with Crippen molar-refractivity contribution < 1.29 is 19.4 Å². The number of carbonyl (C=O) groups is 2. The standard InChI is InChI=1S/C15H18N2O4/c1-3-4-13(15(19)20)17-14(18)10(2)21-12-7-5-11(9-16)6-8-12/h5-8,10,13H,3-4H2,1-2H3,(H,17,18)(H,19,20). The molecule has 112 valence electrons. The summed E-state index contributed by atoms with van der Waals surface area (Å²) >= 11 is 0. The minimum atomic E-state index is -1.06. The summed E-state index contributed by atoms with van der Waals surface area (Å²) in [6, 6.07) is 7.41. The van der Waals surface area contributed by atoms with Gasteiger partial charge in [-0.1, -0.05) is 13.3 Å². The van der Waals surface area contributed by atoms with Crippen molar-refractivity contribution in [2.75, 3.05) is 0 Å². The topological polar surface area (TPSA) is 99.4 Å². The first kappa shape index (κ1) is 16.5. The molecule has 6 nitrogen and oxygen atoms in total. The Hall–Kier alpha value is -2.55. The van der Waals surface area contributed by atoms with Gasteiger partial charge in [-0.2, -0.15) is 5.26 Å². The number of hydrogen-bond donors (Lipinski definition) is 2. The molecule has 2 unspecified atom stereocenters. The number of rotatable bonds is 7. The maximum atomic E-state index is 11.9. The molecule has 6 heteroatoms. The summed E-state index contributed by atoms with van der Waals surface area (Å²) < 4.78 is 5.42. The van der Waals surface area contributed by atoms with Crippen molar-refractivity contribution in [1.82, 2.24) is 5.32 Å². The summed E-state index contributed by atoms with van der Waals surface area (Å²) in [7, 11) is 0. The Morgan fingerprint density at radius 1 is 1.38 bits per heavy atom. The zero-order valence-corrected chi connectivity index (χ0v) is 12.0. The molecule has 2 atom stereocenters. The molecule has 0 spiro atoms. The Morgan fingerprint density at radius 3 is 2.48 bits per heavy atom. The summed E-state index contributed by atoms with van der Waals surface area (Å²) in [6.07, 6.45) is 0.198. The molecule has 1 amide bonds. The third-order valence-electron chi connectivity index (χ3n) is 2.86. The van der Waals surface area contributed by atoms with E-state index in [2.05, 4.69) is 5.32 Å². The monoisotopic (exact) mass is 290 g/mol. The van der Waals surface area contributed by atoms with Gasteiger partial charge in [-0.15, -0.1) is 0 Å². The Balaban J connectivity index is 2.61. The highest BCUT2D eigenvalue weighted by Crippen LogP contribution is 2.13. The number of amides is 1. The van der Waals surface area contributed by atoms with Gasteiger partial charge < -0.3 is 15.2 Å². The molecular formula is C15H18N2O4. The first-order chi connectivity index (χ1) is 9.97. The van der Waals surface area contributed by atoms with Crippen LogP contribution in [0.5, 0.6) is 5.75 Å². The smallest absolute Gasteiger partial charge is 0.326 e. The van der Waals surface area contributed by atoms with Crippen LogP contribution in [0.3, 0.4) is 0 Å². The Kier molecular flexibility index (Phi) is 6.21. The number of carbonyl (C=O) groups excluding carboxylic acids is 1. The second kappa shape index (κ2) is 7.90. The van der Waals surface area contributed by atoms with Crippen molar-refractivity contribution in [3.05, 3.63) is 29.8 Å². The fourth-order valence-corrected chi connectivity index (χ4v) is 1.70. The van der Waals surface area contributed by atoms with Crippen LogP contribution in [0.1, 0.15) is 32.3 Å². The number of benzene rings is 1. The first-order valence-electron chi connectivity index (χ1n) is 6.68. The molecule has 0 radical (unpaired) electrons. The van der Waals surface area contributed by atoms with Crippen molar-refractivity contribution in [1.29, 1.82) is 5.26 Å². The molecule has 0 bridgehead atoms. The van der Waals surface area contributed by atoms with Crippen LogP contribution >= 0.6 is 0 Å². The van der Waals surface area contributed by atoms with Gasteiger partial charge in [0.25, 0.3) is 5.91 Å². The molecule has 0 saturated heterocycles. The second-order valence-corrected chi connectivity index (χ2v) is 4.58. The molecule has 0 aromatic heterocycles. The van der Waals surface area contributed by atoms with Crippen LogP contribution in [0.2, 0.25) is 0 Å². The van der Waals surface area contributed by atoms with Crippen molar-refractivity contribution >= 4 is 11.9 Å². The van der Waals surface area contributed by atoms with E-state index in [-0.39, 0.29) is 0 Å². The molecule has 2 N–H and O–H groups in total. The quantitative estimate of drug-likeness (QED) is 0.796. The van der Waals surface area contributed by atoms with Gasteiger partial charge in [-0.3, -0.25) is 4.79 Å². The molecule has 0 fully saturated rings. The first-order valence-corrected chi connectivity index (χ1v) is 6.68. The van der Waals surface area contributed by atoms with Crippen molar-refractivity contribution in [3.63, 3.8) is 0 Å². The van der Waals surface area contributed by atoms with E-state index >= 15 is 0 Å². The van der Waals surface area contributed by atoms with Gasteiger partial charge in [-0.05, 0) is 37.6 Å². The summed E-state index contributed by atoms with van der Waals surface area (Å²) in [4.78, 5) is 22.9. The van der Waals surface area contributed by atoms with E-state index in [4.69, 9.17) is 15.1 Å². The lowest BCUT2D eigenvalue weighted by Gasteiger charge is -2.18. The van der Waals surface area contributed by atoms with Gasteiger partial charge in [0.05, 0.1) is 11.6 Å². The molecule has 0 aliphatic carbocycles. The van der Waals surface area contributed by atoms with Crippen LogP contribution in [0, 0.1) is 11.3 Å². The minimum absolute atomic E-state index is 0.366. The van der Waals surface area contributed by atoms with Gasteiger partial charge in [0.15, 0.2) is 6.10 Å². The SMILES string of the molecule is CCCC(NC(=O)C(C)Oc1ccc(C#N)cc1)C(=O)O. The average molecular weight is 290 g/mol. The third kappa shape index (κ3) is 5.15. The molecule has 21 heavy (non-hydrogen) atoms. The Morgan fingerprint density at radius 2 is 2.00 bits per heavy atom. The number of aliphatic carboxylic acids is 1. The Labute approximate surface area is 123 Å². The van der Waals surface area contributed by atoms with E-state index in [9.17, 15) is 9.59 Å². The van der Waals surface area contributed by atoms with E-state index in [1.807, 2.05) is 13.0 Å². The van der Waals surface area contributed by atoms with Gasteiger partial charge in [0.1, 0.15) is 11.8 Å². The zero-order valence-electron chi connectivity index (χ0n) is 12.0. The molecule has 1 aromatic rings. The van der Waals surface area contributed by atoms with E-state index in [1.165, 1.54) is 0 Å². The van der Waals surface area contributed by atoms with E-state index < -0.39 is 24.0 Å². The summed E-state index contributed by atoms with van der Waals surface area (Å²) in [5, 5.41) is 20.1. The molecule has 0 aliphatic rings. The number of carboxylic acid groups (broad SMARTS) is 1.